The maximum Gasteiger partial charge on any atom is 0.252 e. The molecule has 0 bridgehead atoms. The summed E-state index contributed by atoms with van der Waals surface area (Å²) in [7, 11) is 0. The Kier molecular flexibility index (Phi) is 8.32. The van der Waals surface area contributed by atoms with Gasteiger partial charge in [-0.1, -0.05) is 75.0 Å². The van der Waals surface area contributed by atoms with Crippen LogP contribution in [0.1, 0.15) is 51.2 Å². The highest BCUT2D eigenvalue weighted by atomic mass is 35.5. The van der Waals surface area contributed by atoms with Crippen LogP contribution < -0.4 is 10.2 Å². The number of hydrogen-bond acceptors (Lipinski definition) is 3. The van der Waals surface area contributed by atoms with Crippen molar-refractivity contribution in [2.45, 2.75) is 46.1 Å². The van der Waals surface area contributed by atoms with E-state index in [1.54, 1.807) is 24.3 Å². The standard InChI is InChI=1S/C25H29Cl2N3O2/c1-4-6-13-28-22(31)15-30-21-12-11-17(26)14-19(21)24(18-9-7-8-10-20(18)27)29-23(25(30)32)16(3)5-2/h7-12,14,16,23H,4-6,13,15H2,1-3H3,(H,28,31). The lowest BCUT2D eigenvalue weighted by Crippen LogP contribution is -2.46. The van der Waals surface area contributed by atoms with E-state index in [2.05, 4.69) is 12.2 Å². The maximum atomic E-state index is 13.7. The predicted octanol–water partition coefficient (Wildman–Crippen LogP) is 5.51. The molecule has 7 heteroatoms. The molecule has 0 aromatic heterocycles. The summed E-state index contributed by atoms with van der Waals surface area (Å²) >= 11 is 12.9. The number of carbonyl (C=O) groups is 2. The highest BCUT2D eigenvalue weighted by Crippen LogP contribution is 2.34. The van der Waals surface area contributed by atoms with Gasteiger partial charge in [-0.25, -0.2) is 0 Å². The number of benzene rings is 2. The molecule has 0 saturated heterocycles. The van der Waals surface area contributed by atoms with Crippen LogP contribution in [0, 0.1) is 5.92 Å². The molecular formula is C25H29Cl2N3O2. The molecule has 170 valence electrons. The summed E-state index contributed by atoms with van der Waals surface area (Å²) in [6.45, 7) is 6.60. The maximum absolute atomic E-state index is 13.7. The number of nitrogens with zero attached hydrogens (tertiary/aromatic N) is 2. The lowest BCUT2D eigenvalue weighted by atomic mass is 9.97. The molecule has 1 heterocycles. The summed E-state index contributed by atoms with van der Waals surface area (Å²) in [5.74, 6) is -0.414. The summed E-state index contributed by atoms with van der Waals surface area (Å²) in [4.78, 5) is 32.8. The van der Waals surface area contributed by atoms with E-state index in [0.717, 1.165) is 24.8 Å². The Morgan fingerprint density at radius 3 is 2.59 bits per heavy atom. The SMILES string of the molecule is CCCCNC(=O)CN1C(=O)C(C(C)CC)N=C(c2ccccc2Cl)c2cc(Cl)ccc21. The Labute approximate surface area is 199 Å². The molecule has 0 fully saturated rings. The lowest BCUT2D eigenvalue weighted by Gasteiger charge is -2.26. The van der Waals surface area contributed by atoms with Crippen molar-refractivity contribution in [2.75, 3.05) is 18.0 Å². The van der Waals surface area contributed by atoms with Gasteiger partial charge >= 0.3 is 0 Å². The van der Waals surface area contributed by atoms with E-state index in [4.69, 9.17) is 28.2 Å². The Hall–Kier alpha value is -2.37. The minimum Gasteiger partial charge on any atom is -0.355 e. The minimum absolute atomic E-state index is 0.0181. The zero-order valence-electron chi connectivity index (χ0n) is 18.7. The van der Waals surface area contributed by atoms with Gasteiger partial charge in [0.25, 0.3) is 5.91 Å². The number of rotatable bonds is 8. The van der Waals surface area contributed by atoms with Crippen molar-refractivity contribution in [1.29, 1.82) is 0 Å². The van der Waals surface area contributed by atoms with Gasteiger partial charge in [-0.3, -0.25) is 14.6 Å². The molecule has 2 aromatic carbocycles. The third-order valence-electron chi connectivity index (χ3n) is 5.76. The average molecular weight is 474 g/mol. The molecule has 3 rings (SSSR count). The smallest absolute Gasteiger partial charge is 0.252 e. The van der Waals surface area contributed by atoms with Crippen LogP contribution in [0.2, 0.25) is 10.0 Å². The molecule has 2 atom stereocenters. The molecule has 0 spiro atoms. The number of amides is 2. The third-order valence-corrected chi connectivity index (χ3v) is 6.32. The van der Waals surface area contributed by atoms with Crippen molar-refractivity contribution in [3.63, 3.8) is 0 Å². The van der Waals surface area contributed by atoms with Crippen molar-refractivity contribution in [1.82, 2.24) is 5.32 Å². The van der Waals surface area contributed by atoms with Gasteiger partial charge in [0.1, 0.15) is 12.6 Å². The number of hydrogen-bond donors (Lipinski definition) is 1. The summed E-state index contributed by atoms with van der Waals surface area (Å²) in [6.07, 6.45) is 2.64. The number of halogens is 2. The molecule has 2 amide bonds. The first kappa shape index (κ1) is 24.3. The van der Waals surface area contributed by atoms with Gasteiger partial charge in [0.05, 0.1) is 11.4 Å². The van der Waals surface area contributed by atoms with E-state index in [9.17, 15) is 9.59 Å². The molecule has 0 saturated carbocycles. The number of fused-ring (bicyclic) bond motifs is 1. The van der Waals surface area contributed by atoms with Gasteiger partial charge < -0.3 is 10.2 Å². The van der Waals surface area contributed by atoms with Gasteiger partial charge in [-0.15, -0.1) is 0 Å². The highest BCUT2D eigenvalue weighted by molar-refractivity contribution is 6.37. The normalized spacial score (nSPS) is 16.8. The zero-order valence-corrected chi connectivity index (χ0v) is 20.2. The van der Waals surface area contributed by atoms with Crippen molar-refractivity contribution in [3.8, 4) is 0 Å². The number of nitrogens with one attached hydrogen (secondary N) is 1. The van der Waals surface area contributed by atoms with Crippen molar-refractivity contribution in [2.24, 2.45) is 10.9 Å². The number of carbonyl (C=O) groups excluding carboxylic acids is 2. The molecule has 5 nitrogen and oxygen atoms in total. The minimum atomic E-state index is -0.638. The molecule has 1 aliphatic heterocycles. The zero-order chi connectivity index (χ0) is 23.3. The van der Waals surface area contributed by atoms with Crippen LogP contribution in [0.3, 0.4) is 0 Å². The van der Waals surface area contributed by atoms with E-state index >= 15 is 0 Å². The summed E-state index contributed by atoms with van der Waals surface area (Å²) < 4.78 is 0. The van der Waals surface area contributed by atoms with Crippen LogP contribution in [0.25, 0.3) is 0 Å². The molecule has 2 aromatic rings. The van der Waals surface area contributed by atoms with E-state index in [-0.39, 0.29) is 24.3 Å². The largest absolute Gasteiger partial charge is 0.355 e. The monoisotopic (exact) mass is 473 g/mol. The van der Waals surface area contributed by atoms with E-state index in [0.29, 0.717) is 33.6 Å². The Bertz CT molecular complexity index is 1020. The number of anilines is 1. The van der Waals surface area contributed by atoms with Gasteiger partial charge in [0.2, 0.25) is 5.91 Å². The second kappa shape index (κ2) is 11.0. The number of aliphatic imine (C=N–C) groups is 1. The van der Waals surface area contributed by atoms with Crippen LogP contribution in [0.5, 0.6) is 0 Å². The Morgan fingerprint density at radius 1 is 1.16 bits per heavy atom. The first-order valence-corrected chi connectivity index (χ1v) is 11.8. The van der Waals surface area contributed by atoms with Crippen LogP contribution in [-0.2, 0) is 9.59 Å². The number of unbranched alkanes of at least 4 members (excludes halogenated alkanes) is 1. The van der Waals surface area contributed by atoms with Crippen molar-refractivity contribution in [3.05, 3.63) is 63.6 Å². The van der Waals surface area contributed by atoms with Crippen molar-refractivity contribution < 1.29 is 9.59 Å². The molecule has 0 radical (unpaired) electrons. The molecule has 32 heavy (non-hydrogen) atoms. The Balaban J connectivity index is 2.14. The van der Waals surface area contributed by atoms with Crippen LogP contribution in [0.4, 0.5) is 5.69 Å². The first-order valence-electron chi connectivity index (χ1n) is 11.1. The van der Waals surface area contributed by atoms with E-state index in [1.165, 1.54) is 4.90 Å². The van der Waals surface area contributed by atoms with Gasteiger partial charge in [0, 0.05) is 27.7 Å². The van der Waals surface area contributed by atoms with Gasteiger partial charge in [-0.05, 0) is 36.6 Å². The topological polar surface area (TPSA) is 61.8 Å². The van der Waals surface area contributed by atoms with Crippen LogP contribution >= 0.6 is 23.2 Å². The Morgan fingerprint density at radius 2 is 1.91 bits per heavy atom. The lowest BCUT2D eigenvalue weighted by molar-refractivity contribution is -0.124. The average Bonchev–Trinajstić information content (AvgIpc) is 2.89. The van der Waals surface area contributed by atoms with Crippen LogP contribution in [-0.4, -0.2) is 36.7 Å². The van der Waals surface area contributed by atoms with E-state index < -0.39 is 6.04 Å². The summed E-state index contributed by atoms with van der Waals surface area (Å²) in [6, 6.07) is 12.1. The van der Waals surface area contributed by atoms with Gasteiger partial charge in [0.15, 0.2) is 0 Å². The molecular weight excluding hydrogens is 445 g/mol. The quantitative estimate of drug-likeness (QED) is 0.513. The van der Waals surface area contributed by atoms with Crippen molar-refractivity contribution >= 4 is 46.4 Å². The molecule has 1 N–H and O–H groups in total. The second-order valence-electron chi connectivity index (χ2n) is 8.08. The van der Waals surface area contributed by atoms with E-state index in [1.807, 2.05) is 32.0 Å². The third kappa shape index (κ3) is 5.33. The molecule has 0 aliphatic carbocycles. The first-order chi connectivity index (χ1) is 15.4. The fraction of sp³-hybridized carbons (Fsp3) is 0.400. The van der Waals surface area contributed by atoms with Crippen LogP contribution in [0.15, 0.2) is 47.5 Å². The predicted molar refractivity (Wildman–Crippen MR) is 132 cm³/mol. The summed E-state index contributed by atoms with van der Waals surface area (Å²) in [5, 5.41) is 3.97. The summed E-state index contributed by atoms with van der Waals surface area (Å²) in [5.41, 5.74) is 2.63. The highest BCUT2D eigenvalue weighted by Gasteiger charge is 2.36. The molecule has 2 unspecified atom stereocenters. The number of benzodiazepines with no additional fused rings is 1. The fourth-order valence-electron chi connectivity index (χ4n) is 3.70. The molecule has 1 aliphatic rings. The second-order valence-corrected chi connectivity index (χ2v) is 8.92. The van der Waals surface area contributed by atoms with Gasteiger partial charge in [-0.2, -0.15) is 0 Å². The fourth-order valence-corrected chi connectivity index (χ4v) is 4.10.